The lowest BCUT2D eigenvalue weighted by Crippen LogP contribution is -2.48. The lowest BCUT2D eigenvalue weighted by Gasteiger charge is -2.27. The van der Waals surface area contributed by atoms with Crippen molar-refractivity contribution in [1.29, 1.82) is 5.26 Å². The highest BCUT2D eigenvalue weighted by Gasteiger charge is 2.51. The Kier molecular flexibility index (Phi) is 6.06. The van der Waals surface area contributed by atoms with Gasteiger partial charge in [-0.05, 0) is 30.3 Å². The number of aliphatic hydroxyl groups excluding tert-OH is 1. The molecule has 154 valence electrons. The third-order valence-corrected chi connectivity index (χ3v) is 7.07. The number of sulfonamides is 1. The van der Waals surface area contributed by atoms with Crippen LogP contribution in [-0.4, -0.2) is 54.3 Å². The van der Waals surface area contributed by atoms with E-state index in [9.17, 15) is 23.0 Å². The standard InChI is InChI=1S/C18H15Cl2FN2O5S/c19-12-2-4-16(14(20)5-12)29(26,27)23-8-17(18(25,9-23)10-24)28-13-3-1-11(7-22)15(21)6-13/h1-6,17,24-25H,8-10H2/t17?,18-/m1/s1. The number of hydrogen-bond acceptors (Lipinski definition) is 6. The normalized spacial score (nSPS) is 22.4. The van der Waals surface area contributed by atoms with Gasteiger partial charge in [0.05, 0.1) is 23.7 Å². The number of aliphatic hydroxyl groups is 2. The first kappa shape index (κ1) is 21.8. The molecule has 2 atom stereocenters. The van der Waals surface area contributed by atoms with Crippen LogP contribution < -0.4 is 4.74 Å². The van der Waals surface area contributed by atoms with E-state index in [-0.39, 0.29) is 32.8 Å². The van der Waals surface area contributed by atoms with Crippen LogP contribution in [0.1, 0.15) is 5.56 Å². The summed E-state index contributed by atoms with van der Waals surface area (Å²) in [6.45, 7) is -1.58. The fraction of sp³-hybridized carbons (Fsp3) is 0.278. The summed E-state index contributed by atoms with van der Waals surface area (Å²) in [7, 11) is -4.14. The molecule has 0 spiro atoms. The van der Waals surface area contributed by atoms with Gasteiger partial charge < -0.3 is 14.9 Å². The molecule has 1 heterocycles. The van der Waals surface area contributed by atoms with Gasteiger partial charge in [0, 0.05) is 17.6 Å². The molecule has 0 amide bonds. The summed E-state index contributed by atoms with van der Waals surface area (Å²) < 4.78 is 46.2. The van der Waals surface area contributed by atoms with Crippen LogP contribution in [0.2, 0.25) is 10.0 Å². The van der Waals surface area contributed by atoms with Crippen LogP contribution in [0, 0.1) is 17.1 Å². The predicted molar refractivity (Wildman–Crippen MR) is 103 cm³/mol. The summed E-state index contributed by atoms with van der Waals surface area (Å²) in [5, 5.41) is 29.3. The molecule has 0 saturated carbocycles. The van der Waals surface area contributed by atoms with Gasteiger partial charge in [-0.2, -0.15) is 9.57 Å². The first-order valence-electron chi connectivity index (χ1n) is 8.25. The summed E-state index contributed by atoms with van der Waals surface area (Å²) in [5.74, 6) is -0.852. The molecule has 7 nitrogen and oxygen atoms in total. The van der Waals surface area contributed by atoms with Gasteiger partial charge >= 0.3 is 0 Å². The number of benzene rings is 2. The molecule has 2 N–H and O–H groups in total. The van der Waals surface area contributed by atoms with E-state index in [0.29, 0.717) is 0 Å². The SMILES string of the molecule is N#Cc1ccc(OC2CN(S(=O)(=O)c3ccc(Cl)cc3Cl)C[C@@]2(O)CO)cc1F. The summed E-state index contributed by atoms with van der Waals surface area (Å²) >= 11 is 11.8. The minimum atomic E-state index is -4.14. The zero-order valence-corrected chi connectivity index (χ0v) is 17.0. The maximum absolute atomic E-state index is 13.8. The van der Waals surface area contributed by atoms with Crippen LogP contribution in [0.4, 0.5) is 4.39 Å². The largest absolute Gasteiger partial charge is 0.486 e. The molecule has 2 aromatic rings. The maximum atomic E-state index is 13.8. The lowest BCUT2D eigenvalue weighted by molar-refractivity contribution is -0.0641. The van der Waals surface area contributed by atoms with Gasteiger partial charge in [0.2, 0.25) is 10.0 Å². The van der Waals surface area contributed by atoms with Gasteiger partial charge in [-0.25, -0.2) is 12.8 Å². The molecule has 1 unspecified atom stereocenters. The van der Waals surface area contributed by atoms with Crippen LogP contribution in [0.25, 0.3) is 0 Å². The van der Waals surface area contributed by atoms with E-state index in [0.717, 1.165) is 10.4 Å². The quantitative estimate of drug-likeness (QED) is 0.707. The van der Waals surface area contributed by atoms with Crippen LogP contribution in [0.5, 0.6) is 5.75 Å². The molecule has 29 heavy (non-hydrogen) atoms. The Balaban J connectivity index is 1.89. The average molecular weight is 461 g/mol. The molecule has 11 heteroatoms. The highest BCUT2D eigenvalue weighted by molar-refractivity contribution is 7.89. The molecular formula is C18H15Cl2FN2O5S. The Morgan fingerprint density at radius 2 is 2.03 bits per heavy atom. The molecule has 2 aromatic carbocycles. The molecule has 1 saturated heterocycles. The summed E-state index contributed by atoms with van der Waals surface area (Å²) in [5.41, 5.74) is -2.13. The predicted octanol–water partition coefficient (Wildman–Crippen LogP) is 2.18. The van der Waals surface area contributed by atoms with Crippen molar-refractivity contribution in [2.24, 2.45) is 0 Å². The number of rotatable bonds is 5. The van der Waals surface area contributed by atoms with Crippen molar-refractivity contribution in [3.05, 3.63) is 57.8 Å². The molecule has 1 aliphatic rings. The minimum Gasteiger partial charge on any atom is -0.486 e. The minimum absolute atomic E-state index is 0.0258. The Hall–Kier alpha value is -1.93. The van der Waals surface area contributed by atoms with Crippen molar-refractivity contribution in [2.45, 2.75) is 16.6 Å². The summed E-state index contributed by atoms with van der Waals surface area (Å²) in [6, 6.07) is 9.00. The second kappa shape index (κ2) is 8.07. The van der Waals surface area contributed by atoms with Crippen molar-refractivity contribution in [2.75, 3.05) is 19.7 Å². The fourth-order valence-corrected chi connectivity index (χ4v) is 5.21. The number of nitriles is 1. The highest BCUT2D eigenvalue weighted by Crippen LogP contribution is 2.34. The van der Waals surface area contributed by atoms with Crippen molar-refractivity contribution in [1.82, 2.24) is 4.31 Å². The molecule has 3 rings (SSSR count). The zero-order chi connectivity index (χ0) is 21.4. The Morgan fingerprint density at radius 1 is 1.31 bits per heavy atom. The molecule has 0 aromatic heterocycles. The summed E-state index contributed by atoms with van der Waals surface area (Å²) in [4.78, 5) is -0.214. The smallest absolute Gasteiger partial charge is 0.244 e. The number of β-amino-alcohol motifs (C(OH)–C–C–N with tert-alkyl or cyclic N) is 1. The maximum Gasteiger partial charge on any atom is 0.244 e. The zero-order valence-electron chi connectivity index (χ0n) is 14.7. The molecular weight excluding hydrogens is 446 g/mol. The molecule has 0 bridgehead atoms. The first-order chi connectivity index (χ1) is 13.6. The van der Waals surface area contributed by atoms with Crippen LogP contribution in [0.15, 0.2) is 41.3 Å². The Morgan fingerprint density at radius 3 is 2.62 bits per heavy atom. The van der Waals surface area contributed by atoms with Gasteiger partial charge in [-0.3, -0.25) is 0 Å². The van der Waals surface area contributed by atoms with E-state index >= 15 is 0 Å². The van der Waals surface area contributed by atoms with Crippen LogP contribution >= 0.6 is 23.2 Å². The van der Waals surface area contributed by atoms with Crippen LogP contribution in [-0.2, 0) is 10.0 Å². The van der Waals surface area contributed by atoms with Crippen molar-refractivity contribution < 1.29 is 27.8 Å². The van der Waals surface area contributed by atoms with Gasteiger partial charge in [0.1, 0.15) is 34.2 Å². The second-order valence-electron chi connectivity index (χ2n) is 6.49. The van der Waals surface area contributed by atoms with E-state index < -0.39 is 40.7 Å². The number of hydrogen-bond donors (Lipinski definition) is 2. The summed E-state index contributed by atoms with van der Waals surface area (Å²) in [6.07, 6.45) is -1.19. The van der Waals surface area contributed by atoms with Crippen molar-refractivity contribution in [3.63, 3.8) is 0 Å². The van der Waals surface area contributed by atoms with E-state index in [1.165, 1.54) is 30.3 Å². The Labute approximate surface area is 176 Å². The van der Waals surface area contributed by atoms with Gasteiger partial charge in [-0.15, -0.1) is 0 Å². The highest BCUT2D eigenvalue weighted by atomic mass is 35.5. The number of halogens is 3. The molecule has 1 fully saturated rings. The fourth-order valence-electron chi connectivity index (χ4n) is 2.96. The van der Waals surface area contributed by atoms with Gasteiger partial charge in [0.15, 0.2) is 0 Å². The van der Waals surface area contributed by atoms with E-state index in [2.05, 4.69) is 0 Å². The molecule has 1 aliphatic heterocycles. The monoisotopic (exact) mass is 460 g/mol. The van der Waals surface area contributed by atoms with Crippen molar-refractivity contribution >= 4 is 33.2 Å². The van der Waals surface area contributed by atoms with E-state index in [4.69, 9.17) is 33.2 Å². The average Bonchev–Trinajstić information content (AvgIpc) is 2.99. The molecule has 0 radical (unpaired) electrons. The number of ether oxygens (including phenoxy) is 1. The lowest BCUT2D eigenvalue weighted by atomic mass is 10.0. The van der Waals surface area contributed by atoms with E-state index in [1.807, 2.05) is 0 Å². The van der Waals surface area contributed by atoms with E-state index in [1.54, 1.807) is 6.07 Å². The van der Waals surface area contributed by atoms with Gasteiger partial charge in [-0.1, -0.05) is 23.2 Å². The number of nitrogens with zero attached hydrogens (tertiary/aromatic N) is 2. The topological polar surface area (TPSA) is 111 Å². The first-order valence-corrected chi connectivity index (χ1v) is 10.4. The molecule has 0 aliphatic carbocycles. The van der Waals surface area contributed by atoms with Gasteiger partial charge in [0.25, 0.3) is 0 Å². The third-order valence-electron chi connectivity index (χ3n) is 4.54. The third kappa shape index (κ3) is 4.19. The Bertz CT molecular complexity index is 1090. The van der Waals surface area contributed by atoms with Crippen LogP contribution in [0.3, 0.4) is 0 Å². The van der Waals surface area contributed by atoms with Crippen molar-refractivity contribution in [3.8, 4) is 11.8 Å². The second-order valence-corrected chi connectivity index (χ2v) is 9.24.